The van der Waals surface area contributed by atoms with Gasteiger partial charge in [-0.15, -0.1) is 0 Å². The summed E-state index contributed by atoms with van der Waals surface area (Å²) in [6.45, 7) is 15.0. The molecule has 0 aromatic rings. The molecule has 0 fully saturated rings. The molecule has 0 aliphatic heterocycles. The highest BCUT2D eigenvalue weighted by Crippen LogP contribution is 2.14. The Morgan fingerprint density at radius 1 is 1.25 bits per heavy atom. The molecule has 2 nitrogen and oxygen atoms in total. The van der Waals surface area contributed by atoms with Crippen LogP contribution < -0.4 is 5.32 Å². The molecule has 0 saturated heterocycles. The van der Waals surface area contributed by atoms with E-state index in [1.165, 1.54) is 32.4 Å². The van der Waals surface area contributed by atoms with Crippen LogP contribution in [0.2, 0.25) is 0 Å². The fraction of sp³-hybridized carbons (Fsp3) is 1.00. The first-order chi connectivity index (χ1) is 7.35. The summed E-state index contributed by atoms with van der Waals surface area (Å²) < 4.78 is 0. The first-order valence-electron chi connectivity index (χ1n) is 6.77. The molecule has 0 heterocycles. The van der Waals surface area contributed by atoms with Gasteiger partial charge in [0, 0.05) is 12.6 Å². The van der Waals surface area contributed by atoms with E-state index in [4.69, 9.17) is 0 Å². The maximum absolute atomic E-state index is 3.54. The van der Waals surface area contributed by atoms with Crippen molar-refractivity contribution < 1.29 is 0 Å². The highest BCUT2D eigenvalue weighted by atomic mass is 15.1. The smallest absolute Gasteiger partial charge is 0.00391 e. The molecule has 98 valence electrons. The van der Waals surface area contributed by atoms with Crippen LogP contribution in [-0.2, 0) is 0 Å². The summed E-state index contributed by atoms with van der Waals surface area (Å²) in [7, 11) is 2.23. The molecule has 1 atom stereocenters. The number of nitrogens with zero attached hydrogens (tertiary/aromatic N) is 1. The van der Waals surface area contributed by atoms with E-state index in [1.54, 1.807) is 0 Å². The first-order valence-corrected chi connectivity index (χ1v) is 6.77. The summed E-state index contributed by atoms with van der Waals surface area (Å²) in [6.07, 6.45) is 3.81. The minimum atomic E-state index is 0.417. The van der Waals surface area contributed by atoms with Gasteiger partial charge in [-0.3, -0.25) is 0 Å². The van der Waals surface area contributed by atoms with Crippen LogP contribution in [-0.4, -0.2) is 37.6 Å². The van der Waals surface area contributed by atoms with Crippen molar-refractivity contribution in [3.8, 4) is 0 Å². The van der Waals surface area contributed by atoms with E-state index in [0.717, 1.165) is 6.54 Å². The molecule has 0 spiro atoms. The van der Waals surface area contributed by atoms with E-state index in [-0.39, 0.29) is 0 Å². The van der Waals surface area contributed by atoms with Gasteiger partial charge in [-0.2, -0.15) is 0 Å². The van der Waals surface area contributed by atoms with Crippen molar-refractivity contribution in [2.45, 2.75) is 59.9 Å². The largest absolute Gasteiger partial charge is 0.314 e. The molecule has 0 aliphatic carbocycles. The normalized spacial score (nSPS) is 14.4. The second kappa shape index (κ2) is 8.08. The second-order valence-corrected chi connectivity index (χ2v) is 6.30. The Morgan fingerprint density at radius 3 is 2.38 bits per heavy atom. The van der Waals surface area contributed by atoms with Crippen LogP contribution in [0, 0.1) is 5.41 Å². The van der Waals surface area contributed by atoms with Gasteiger partial charge < -0.3 is 10.2 Å². The topological polar surface area (TPSA) is 15.3 Å². The second-order valence-electron chi connectivity index (χ2n) is 6.30. The summed E-state index contributed by atoms with van der Waals surface area (Å²) in [4.78, 5) is 2.45. The zero-order chi connectivity index (χ0) is 12.6. The first kappa shape index (κ1) is 15.9. The zero-order valence-corrected chi connectivity index (χ0v) is 12.3. The maximum Gasteiger partial charge on any atom is 0.00391 e. The summed E-state index contributed by atoms with van der Waals surface area (Å²) in [5.74, 6) is 0. The molecule has 2 heteroatoms. The van der Waals surface area contributed by atoms with Crippen molar-refractivity contribution in [3.63, 3.8) is 0 Å². The highest BCUT2D eigenvalue weighted by Gasteiger charge is 2.13. The lowest BCUT2D eigenvalue weighted by atomic mass is 9.96. The van der Waals surface area contributed by atoms with Crippen LogP contribution in [0.4, 0.5) is 0 Å². The summed E-state index contributed by atoms with van der Waals surface area (Å²) in [6, 6.07) is 0.669. The Kier molecular flexibility index (Phi) is 8.04. The van der Waals surface area contributed by atoms with Crippen LogP contribution in [0.3, 0.4) is 0 Å². The monoisotopic (exact) mass is 228 g/mol. The van der Waals surface area contributed by atoms with Crippen molar-refractivity contribution in [1.82, 2.24) is 10.2 Å². The number of hydrogen-bond donors (Lipinski definition) is 1. The molecule has 0 radical (unpaired) electrons. The lowest BCUT2D eigenvalue weighted by Crippen LogP contribution is -2.32. The summed E-state index contributed by atoms with van der Waals surface area (Å²) in [5, 5.41) is 3.54. The summed E-state index contributed by atoms with van der Waals surface area (Å²) >= 11 is 0. The van der Waals surface area contributed by atoms with E-state index < -0.39 is 0 Å². The van der Waals surface area contributed by atoms with Crippen molar-refractivity contribution in [1.29, 1.82) is 0 Å². The number of nitrogens with one attached hydrogen (secondary N) is 1. The van der Waals surface area contributed by atoms with Gasteiger partial charge in [0.15, 0.2) is 0 Å². The predicted molar refractivity (Wildman–Crippen MR) is 73.9 cm³/mol. The molecular weight excluding hydrogens is 196 g/mol. The van der Waals surface area contributed by atoms with E-state index in [1.807, 2.05) is 0 Å². The van der Waals surface area contributed by atoms with Gasteiger partial charge in [-0.25, -0.2) is 0 Å². The lowest BCUT2D eigenvalue weighted by Gasteiger charge is -2.26. The molecule has 0 saturated carbocycles. The Hall–Kier alpha value is -0.0800. The molecule has 16 heavy (non-hydrogen) atoms. The minimum absolute atomic E-state index is 0.417. The third-order valence-corrected chi connectivity index (χ3v) is 2.66. The van der Waals surface area contributed by atoms with E-state index >= 15 is 0 Å². The molecule has 0 amide bonds. The van der Waals surface area contributed by atoms with E-state index in [0.29, 0.717) is 11.5 Å². The van der Waals surface area contributed by atoms with Crippen molar-refractivity contribution in [3.05, 3.63) is 0 Å². The average molecular weight is 228 g/mol. The fourth-order valence-electron chi connectivity index (χ4n) is 2.05. The quantitative estimate of drug-likeness (QED) is 0.686. The SMILES string of the molecule is CCCNC(C)CCCN(C)CC(C)(C)C. The zero-order valence-electron chi connectivity index (χ0n) is 12.3. The van der Waals surface area contributed by atoms with Gasteiger partial charge in [-0.1, -0.05) is 27.7 Å². The molecule has 0 bridgehead atoms. The molecule has 0 aliphatic rings. The van der Waals surface area contributed by atoms with Gasteiger partial charge in [0.1, 0.15) is 0 Å². The van der Waals surface area contributed by atoms with E-state index in [2.05, 4.69) is 51.9 Å². The van der Waals surface area contributed by atoms with Gasteiger partial charge in [-0.05, 0) is 51.7 Å². The number of rotatable bonds is 8. The molecule has 0 rings (SSSR count). The lowest BCUT2D eigenvalue weighted by molar-refractivity contribution is 0.221. The van der Waals surface area contributed by atoms with Crippen molar-refractivity contribution in [2.24, 2.45) is 5.41 Å². The van der Waals surface area contributed by atoms with Crippen LogP contribution in [0.25, 0.3) is 0 Å². The Bertz CT molecular complexity index is 161. The maximum atomic E-state index is 3.54. The fourth-order valence-corrected chi connectivity index (χ4v) is 2.05. The van der Waals surface area contributed by atoms with E-state index in [9.17, 15) is 0 Å². The van der Waals surface area contributed by atoms with Crippen LogP contribution >= 0.6 is 0 Å². The Morgan fingerprint density at radius 2 is 1.88 bits per heavy atom. The standard InChI is InChI=1S/C14H32N2/c1-7-10-15-13(2)9-8-11-16(6)12-14(3,4)5/h13,15H,7-12H2,1-6H3. The molecular formula is C14H32N2. The van der Waals surface area contributed by atoms with Crippen LogP contribution in [0.15, 0.2) is 0 Å². The van der Waals surface area contributed by atoms with Crippen LogP contribution in [0.5, 0.6) is 0 Å². The molecule has 1 N–H and O–H groups in total. The van der Waals surface area contributed by atoms with Crippen LogP contribution in [0.1, 0.15) is 53.9 Å². The van der Waals surface area contributed by atoms with Gasteiger partial charge in [0.25, 0.3) is 0 Å². The Balaban J connectivity index is 3.50. The van der Waals surface area contributed by atoms with Gasteiger partial charge in [0.05, 0.1) is 0 Å². The third kappa shape index (κ3) is 10.4. The molecule has 1 unspecified atom stereocenters. The predicted octanol–water partition coefficient (Wildman–Crippen LogP) is 3.13. The molecule has 0 aromatic heterocycles. The summed E-state index contributed by atoms with van der Waals surface area (Å²) in [5.41, 5.74) is 0.417. The highest BCUT2D eigenvalue weighted by molar-refractivity contribution is 4.67. The van der Waals surface area contributed by atoms with Gasteiger partial charge in [0.2, 0.25) is 0 Å². The number of hydrogen-bond acceptors (Lipinski definition) is 2. The minimum Gasteiger partial charge on any atom is -0.314 e. The van der Waals surface area contributed by atoms with Crippen molar-refractivity contribution in [2.75, 3.05) is 26.7 Å². The van der Waals surface area contributed by atoms with Gasteiger partial charge >= 0.3 is 0 Å². The third-order valence-electron chi connectivity index (χ3n) is 2.66. The Labute approximate surface area is 103 Å². The van der Waals surface area contributed by atoms with Crippen molar-refractivity contribution >= 4 is 0 Å². The molecule has 0 aromatic carbocycles. The average Bonchev–Trinajstić information content (AvgIpc) is 2.11.